The van der Waals surface area contributed by atoms with Crippen molar-refractivity contribution >= 4 is 28.7 Å². The zero-order valence-electron chi connectivity index (χ0n) is 16.7. The van der Waals surface area contributed by atoms with Gasteiger partial charge >= 0.3 is 5.97 Å². The van der Waals surface area contributed by atoms with Crippen LogP contribution < -0.4 is 4.90 Å². The second-order valence-corrected chi connectivity index (χ2v) is 6.47. The van der Waals surface area contributed by atoms with E-state index in [1.54, 1.807) is 19.1 Å². The lowest BCUT2D eigenvalue weighted by Gasteiger charge is -2.24. The molecule has 0 aromatic heterocycles. The molecule has 0 aliphatic carbocycles. The quantitative estimate of drug-likeness (QED) is 0.147. The summed E-state index contributed by atoms with van der Waals surface area (Å²) in [6.07, 6.45) is 0.612. The maximum atomic E-state index is 11.4. The number of azo groups is 1. The van der Waals surface area contributed by atoms with E-state index in [0.29, 0.717) is 36.5 Å². The molecule has 158 valence electrons. The fourth-order valence-corrected chi connectivity index (χ4v) is 2.52. The van der Waals surface area contributed by atoms with Crippen molar-refractivity contribution in [3.05, 3.63) is 70.8 Å². The van der Waals surface area contributed by atoms with Crippen LogP contribution >= 0.6 is 0 Å². The van der Waals surface area contributed by atoms with Gasteiger partial charge in [0.1, 0.15) is 0 Å². The van der Waals surface area contributed by atoms with Gasteiger partial charge in [-0.1, -0.05) is 6.58 Å². The number of aliphatic hydroxyl groups is 1. The van der Waals surface area contributed by atoms with E-state index in [1.165, 1.54) is 24.3 Å². The van der Waals surface area contributed by atoms with Crippen LogP contribution in [0.2, 0.25) is 0 Å². The molecule has 9 heteroatoms. The molecule has 0 bridgehead atoms. The molecule has 1 N–H and O–H groups in total. The summed E-state index contributed by atoms with van der Waals surface area (Å²) < 4.78 is 5.09. The highest BCUT2D eigenvalue weighted by atomic mass is 16.6. The number of nitro groups is 1. The second-order valence-electron chi connectivity index (χ2n) is 6.47. The van der Waals surface area contributed by atoms with Crippen LogP contribution in [0, 0.1) is 10.1 Å². The van der Waals surface area contributed by atoms with Crippen LogP contribution in [0.15, 0.2) is 70.9 Å². The molecule has 0 spiro atoms. The van der Waals surface area contributed by atoms with Crippen molar-refractivity contribution in [1.29, 1.82) is 0 Å². The Balaban J connectivity index is 1.94. The SMILES string of the molecule is C=C(C)C(=O)OCCCN(CCO)c1ccc(N=Nc2ccc([N+](=O)[O-])cc2)cc1. The minimum absolute atomic E-state index is 0.00308. The standard InChI is InChI=1S/C21H24N4O5/c1-16(2)21(27)30-15-3-12-24(13-14-26)19-8-4-17(5-9-19)22-23-18-6-10-20(11-7-18)25(28)29/h4-11,26H,1,3,12-15H2,2H3. The second kappa shape index (κ2) is 11.4. The molecular weight excluding hydrogens is 388 g/mol. The number of ether oxygens (including phenoxy) is 1. The average Bonchev–Trinajstić information content (AvgIpc) is 2.75. The van der Waals surface area contributed by atoms with Gasteiger partial charge in [-0.3, -0.25) is 10.1 Å². The first-order chi connectivity index (χ1) is 14.4. The molecule has 0 heterocycles. The highest BCUT2D eigenvalue weighted by molar-refractivity contribution is 5.86. The molecule has 2 rings (SSSR count). The van der Waals surface area contributed by atoms with Gasteiger partial charge in [-0.2, -0.15) is 10.2 Å². The lowest BCUT2D eigenvalue weighted by Crippen LogP contribution is -2.28. The van der Waals surface area contributed by atoms with Crippen LogP contribution in [0.3, 0.4) is 0 Å². The molecule has 0 atom stereocenters. The number of carbonyl (C=O) groups is 1. The fraction of sp³-hybridized carbons (Fsp3) is 0.286. The van der Waals surface area contributed by atoms with Gasteiger partial charge < -0.3 is 14.7 Å². The maximum absolute atomic E-state index is 11.4. The van der Waals surface area contributed by atoms with E-state index in [4.69, 9.17) is 4.74 Å². The number of anilines is 1. The summed E-state index contributed by atoms with van der Waals surface area (Å²) in [4.78, 5) is 23.6. The van der Waals surface area contributed by atoms with Crippen molar-refractivity contribution in [2.45, 2.75) is 13.3 Å². The number of esters is 1. The van der Waals surface area contributed by atoms with Crippen molar-refractivity contribution in [2.24, 2.45) is 10.2 Å². The Morgan fingerprint density at radius 3 is 2.17 bits per heavy atom. The van der Waals surface area contributed by atoms with Gasteiger partial charge in [0.2, 0.25) is 0 Å². The van der Waals surface area contributed by atoms with Crippen LogP contribution in [0.25, 0.3) is 0 Å². The Morgan fingerprint density at radius 2 is 1.67 bits per heavy atom. The number of benzene rings is 2. The molecule has 0 saturated carbocycles. The number of rotatable bonds is 11. The molecule has 0 aliphatic rings. The number of non-ortho nitro benzene ring substituents is 1. The van der Waals surface area contributed by atoms with Crippen molar-refractivity contribution in [3.8, 4) is 0 Å². The third-order valence-corrected chi connectivity index (χ3v) is 4.08. The van der Waals surface area contributed by atoms with Gasteiger partial charge in [0.05, 0.1) is 29.5 Å². The van der Waals surface area contributed by atoms with E-state index in [2.05, 4.69) is 16.8 Å². The highest BCUT2D eigenvalue weighted by Crippen LogP contribution is 2.23. The van der Waals surface area contributed by atoms with Gasteiger partial charge in [0.15, 0.2) is 0 Å². The third kappa shape index (κ3) is 7.10. The normalized spacial score (nSPS) is 10.7. The number of nitrogens with zero attached hydrogens (tertiary/aromatic N) is 4. The summed E-state index contributed by atoms with van der Waals surface area (Å²) in [7, 11) is 0. The number of hydrogen-bond acceptors (Lipinski definition) is 8. The number of hydrogen-bond donors (Lipinski definition) is 1. The molecule has 0 amide bonds. The highest BCUT2D eigenvalue weighted by Gasteiger charge is 2.08. The topological polar surface area (TPSA) is 118 Å². The van der Waals surface area contributed by atoms with E-state index in [1.807, 2.05) is 17.0 Å². The molecule has 0 saturated heterocycles. The zero-order chi connectivity index (χ0) is 21.9. The van der Waals surface area contributed by atoms with Crippen LogP contribution in [-0.4, -0.2) is 42.3 Å². The van der Waals surface area contributed by atoms with E-state index >= 15 is 0 Å². The molecule has 0 radical (unpaired) electrons. The van der Waals surface area contributed by atoms with Crippen LogP contribution in [0.4, 0.5) is 22.7 Å². The number of nitro benzene ring substituents is 1. The molecule has 0 unspecified atom stereocenters. The van der Waals surface area contributed by atoms with Crippen LogP contribution in [0.5, 0.6) is 0 Å². The zero-order valence-corrected chi connectivity index (χ0v) is 16.7. The Kier molecular flexibility index (Phi) is 8.64. The van der Waals surface area contributed by atoms with Crippen molar-refractivity contribution in [2.75, 3.05) is 31.2 Å². The first-order valence-corrected chi connectivity index (χ1v) is 9.35. The van der Waals surface area contributed by atoms with Crippen molar-refractivity contribution < 1.29 is 19.6 Å². The molecule has 30 heavy (non-hydrogen) atoms. The minimum atomic E-state index is -0.470. The van der Waals surface area contributed by atoms with E-state index in [9.17, 15) is 20.0 Å². The van der Waals surface area contributed by atoms with E-state index < -0.39 is 10.9 Å². The summed E-state index contributed by atoms with van der Waals surface area (Å²) in [6, 6.07) is 13.1. The van der Waals surface area contributed by atoms with E-state index in [-0.39, 0.29) is 18.9 Å². The summed E-state index contributed by atoms with van der Waals surface area (Å²) in [5, 5.41) is 28.2. The first kappa shape index (κ1) is 22.7. The predicted octanol–water partition coefficient (Wildman–Crippen LogP) is 4.32. The largest absolute Gasteiger partial charge is 0.462 e. The smallest absolute Gasteiger partial charge is 0.333 e. The molecule has 0 aliphatic heterocycles. The summed E-state index contributed by atoms with van der Waals surface area (Å²) in [6.45, 7) is 6.45. The van der Waals surface area contributed by atoms with Gasteiger partial charge in [0, 0.05) is 36.5 Å². The van der Waals surface area contributed by atoms with Crippen molar-refractivity contribution in [1.82, 2.24) is 0 Å². The molecule has 9 nitrogen and oxygen atoms in total. The third-order valence-electron chi connectivity index (χ3n) is 4.08. The van der Waals surface area contributed by atoms with Gasteiger partial charge in [-0.25, -0.2) is 4.79 Å². The maximum Gasteiger partial charge on any atom is 0.333 e. The number of aliphatic hydroxyl groups excluding tert-OH is 1. The van der Waals surface area contributed by atoms with E-state index in [0.717, 1.165) is 5.69 Å². The lowest BCUT2D eigenvalue weighted by molar-refractivity contribution is -0.384. The molecule has 2 aromatic rings. The van der Waals surface area contributed by atoms with Crippen molar-refractivity contribution in [3.63, 3.8) is 0 Å². The summed E-state index contributed by atoms with van der Waals surface area (Å²) in [5.41, 5.74) is 2.38. The van der Waals surface area contributed by atoms with Gasteiger partial charge in [-0.15, -0.1) is 0 Å². The lowest BCUT2D eigenvalue weighted by atomic mass is 10.2. The summed E-state index contributed by atoms with van der Waals surface area (Å²) >= 11 is 0. The average molecular weight is 412 g/mol. The van der Waals surface area contributed by atoms with Gasteiger partial charge in [0.25, 0.3) is 5.69 Å². The monoisotopic (exact) mass is 412 g/mol. The molecular formula is C21H24N4O5. The molecule has 2 aromatic carbocycles. The predicted molar refractivity (Wildman–Crippen MR) is 113 cm³/mol. The van der Waals surface area contributed by atoms with Gasteiger partial charge in [-0.05, 0) is 49.7 Å². The Bertz CT molecular complexity index is 895. The summed E-state index contributed by atoms with van der Waals surface area (Å²) in [5.74, 6) is -0.411. The first-order valence-electron chi connectivity index (χ1n) is 9.35. The minimum Gasteiger partial charge on any atom is -0.462 e. The fourth-order valence-electron chi connectivity index (χ4n) is 2.52. The Morgan fingerprint density at radius 1 is 1.10 bits per heavy atom. The van der Waals surface area contributed by atoms with Crippen LogP contribution in [-0.2, 0) is 9.53 Å². The van der Waals surface area contributed by atoms with Crippen LogP contribution in [0.1, 0.15) is 13.3 Å². The Hall–Kier alpha value is -3.59. The Labute approximate surface area is 174 Å². The molecule has 0 fully saturated rings. The number of carbonyl (C=O) groups excluding carboxylic acids is 1.